The van der Waals surface area contributed by atoms with E-state index in [1.807, 2.05) is 12.3 Å². The molecule has 0 radical (unpaired) electrons. The average Bonchev–Trinajstić information content (AvgIpc) is 2.90. The maximum absolute atomic E-state index is 5.06. The first kappa shape index (κ1) is 11.7. The minimum Gasteiger partial charge on any atom is -0.472 e. The van der Waals surface area contributed by atoms with Gasteiger partial charge in [0.1, 0.15) is 0 Å². The molecule has 16 heavy (non-hydrogen) atoms. The van der Waals surface area contributed by atoms with E-state index in [4.69, 9.17) is 4.42 Å². The van der Waals surface area contributed by atoms with Crippen LogP contribution in [-0.4, -0.2) is 31.1 Å². The monoisotopic (exact) mass is 222 g/mol. The van der Waals surface area contributed by atoms with Gasteiger partial charge in [-0.3, -0.25) is 0 Å². The molecule has 1 N–H and O–H groups in total. The molecule has 1 aromatic rings. The maximum atomic E-state index is 5.06. The molecule has 3 heteroatoms. The number of hydrogen-bond donors (Lipinski definition) is 1. The lowest BCUT2D eigenvalue weighted by Crippen LogP contribution is -2.24. The summed E-state index contributed by atoms with van der Waals surface area (Å²) in [6.45, 7) is 3.38. The molecule has 0 aliphatic carbocycles. The first-order chi connectivity index (χ1) is 7.84. The highest BCUT2D eigenvalue weighted by molar-refractivity contribution is 5.04. The molecule has 0 aromatic carbocycles. The van der Waals surface area contributed by atoms with Gasteiger partial charge in [0.15, 0.2) is 0 Å². The second kappa shape index (κ2) is 6.06. The van der Waals surface area contributed by atoms with E-state index in [0.29, 0.717) is 0 Å². The van der Waals surface area contributed by atoms with Gasteiger partial charge in [-0.15, -0.1) is 0 Å². The van der Waals surface area contributed by atoms with Crippen molar-refractivity contribution in [3.05, 3.63) is 24.2 Å². The highest BCUT2D eigenvalue weighted by Gasteiger charge is 2.13. The van der Waals surface area contributed by atoms with Crippen LogP contribution in [0.15, 0.2) is 23.0 Å². The van der Waals surface area contributed by atoms with Gasteiger partial charge in [0.05, 0.1) is 12.5 Å². The zero-order valence-electron chi connectivity index (χ0n) is 10.1. The standard InChI is InChI=1S/C13H22N2O/c1-15(10-12-6-9-16-11-12)8-3-5-13-4-2-7-14-13/h6,9,11,13-14H,2-5,7-8,10H2,1H3. The normalized spacial score (nSPS) is 20.8. The summed E-state index contributed by atoms with van der Waals surface area (Å²) in [5.41, 5.74) is 1.27. The van der Waals surface area contributed by atoms with Crippen molar-refractivity contribution in [2.75, 3.05) is 20.1 Å². The van der Waals surface area contributed by atoms with Crippen LogP contribution >= 0.6 is 0 Å². The van der Waals surface area contributed by atoms with Gasteiger partial charge in [0, 0.05) is 18.2 Å². The highest BCUT2D eigenvalue weighted by Crippen LogP contribution is 2.11. The van der Waals surface area contributed by atoms with Crippen LogP contribution in [0.25, 0.3) is 0 Å². The van der Waals surface area contributed by atoms with E-state index in [1.54, 1.807) is 6.26 Å². The summed E-state index contributed by atoms with van der Waals surface area (Å²) in [7, 11) is 2.18. The van der Waals surface area contributed by atoms with Gasteiger partial charge in [-0.05, 0) is 51.9 Å². The van der Waals surface area contributed by atoms with Crippen LogP contribution in [0.4, 0.5) is 0 Å². The molecule has 0 saturated carbocycles. The van der Waals surface area contributed by atoms with Gasteiger partial charge in [0.2, 0.25) is 0 Å². The fourth-order valence-electron chi connectivity index (χ4n) is 2.38. The average molecular weight is 222 g/mol. The molecular formula is C13H22N2O. The molecule has 3 nitrogen and oxygen atoms in total. The quantitative estimate of drug-likeness (QED) is 0.800. The molecule has 1 fully saturated rings. The van der Waals surface area contributed by atoms with Gasteiger partial charge in [-0.25, -0.2) is 0 Å². The summed E-state index contributed by atoms with van der Waals surface area (Å²) in [4.78, 5) is 2.36. The van der Waals surface area contributed by atoms with Crippen molar-refractivity contribution >= 4 is 0 Å². The third-order valence-electron chi connectivity index (χ3n) is 3.29. The van der Waals surface area contributed by atoms with Crippen LogP contribution in [-0.2, 0) is 6.54 Å². The van der Waals surface area contributed by atoms with Crippen molar-refractivity contribution in [3.63, 3.8) is 0 Å². The Hall–Kier alpha value is -0.800. The zero-order chi connectivity index (χ0) is 11.2. The molecule has 90 valence electrons. The number of rotatable bonds is 6. The van der Waals surface area contributed by atoms with E-state index in [2.05, 4.69) is 17.3 Å². The molecule has 1 atom stereocenters. The summed E-state index contributed by atoms with van der Waals surface area (Å²) in [5.74, 6) is 0. The number of nitrogens with one attached hydrogen (secondary N) is 1. The van der Waals surface area contributed by atoms with E-state index in [9.17, 15) is 0 Å². The number of nitrogens with zero attached hydrogens (tertiary/aromatic N) is 1. The minimum absolute atomic E-state index is 0.780. The Kier molecular flexibility index (Phi) is 4.43. The molecule has 1 aliphatic rings. The van der Waals surface area contributed by atoms with Crippen LogP contribution in [0.3, 0.4) is 0 Å². The fourth-order valence-corrected chi connectivity index (χ4v) is 2.38. The summed E-state index contributed by atoms with van der Waals surface area (Å²) >= 11 is 0. The Morgan fingerprint density at radius 1 is 1.56 bits per heavy atom. The lowest BCUT2D eigenvalue weighted by molar-refractivity contribution is 0.310. The van der Waals surface area contributed by atoms with Crippen LogP contribution in [0.1, 0.15) is 31.2 Å². The Bertz CT molecular complexity index is 278. The van der Waals surface area contributed by atoms with E-state index in [0.717, 1.165) is 12.6 Å². The molecule has 2 rings (SSSR count). The fraction of sp³-hybridized carbons (Fsp3) is 0.692. The summed E-state index contributed by atoms with van der Waals surface area (Å²) < 4.78 is 5.06. The molecule has 1 aromatic heterocycles. The summed E-state index contributed by atoms with van der Waals surface area (Å²) in [6.07, 6.45) is 8.89. The van der Waals surface area contributed by atoms with Crippen molar-refractivity contribution in [3.8, 4) is 0 Å². The first-order valence-electron chi connectivity index (χ1n) is 6.27. The largest absolute Gasteiger partial charge is 0.472 e. The summed E-state index contributed by atoms with van der Waals surface area (Å²) in [6, 6.07) is 2.82. The Labute approximate surface area is 97.8 Å². The lowest BCUT2D eigenvalue weighted by Gasteiger charge is -2.17. The van der Waals surface area contributed by atoms with Crippen LogP contribution in [0, 0.1) is 0 Å². The molecule has 0 amide bonds. The molecular weight excluding hydrogens is 200 g/mol. The highest BCUT2D eigenvalue weighted by atomic mass is 16.3. The van der Waals surface area contributed by atoms with E-state index in [1.165, 1.54) is 44.3 Å². The van der Waals surface area contributed by atoms with Crippen molar-refractivity contribution in [2.24, 2.45) is 0 Å². The Morgan fingerprint density at radius 2 is 2.50 bits per heavy atom. The zero-order valence-corrected chi connectivity index (χ0v) is 10.1. The topological polar surface area (TPSA) is 28.4 Å². The van der Waals surface area contributed by atoms with E-state index in [-0.39, 0.29) is 0 Å². The third-order valence-corrected chi connectivity index (χ3v) is 3.29. The molecule has 2 heterocycles. The molecule has 1 saturated heterocycles. The van der Waals surface area contributed by atoms with Gasteiger partial charge >= 0.3 is 0 Å². The van der Waals surface area contributed by atoms with Gasteiger partial charge in [-0.1, -0.05) is 0 Å². The van der Waals surface area contributed by atoms with Crippen LogP contribution in [0.2, 0.25) is 0 Å². The Balaban J connectivity index is 1.58. The second-order valence-electron chi connectivity index (χ2n) is 4.80. The van der Waals surface area contributed by atoms with Crippen LogP contribution in [0.5, 0.6) is 0 Å². The van der Waals surface area contributed by atoms with Gasteiger partial charge in [0.25, 0.3) is 0 Å². The summed E-state index contributed by atoms with van der Waals surface area (Å²) in [5, 5.41) is 3.54. The number of hydrogen-bond acceptors (Lipinski definition) is 3. The first-order valence-corrected chi connectivity index (χ1v) is 6.27. The molecule has 0 spiro atoms. The van der Waals surface area contributed by atoms with E-state index < -0.39 is 0 Å². The van der Waals surface area contributed by atoms with E-state index >= 15 is 0 Å². The predicted molar refractivity (Wildman–Crippen MR) is 65.3 cm³/mol. The van der Waals surface area contributed by atoms with Crippen molar-refractivity contribution in [1.29, 1.82) is 0 Å². The molecule has 0 bridgehead atoms. The Morgan fingerprint density at radius 3 is 3.19 bits per heavy atom. The predicted octanol–water partition coefficient (Wildman–Crippen LogP) is 2.24. The third kappa shape index (κ3) is 3.65. The smallest absolute Gasteiger partial charge is 0.0947 e. The van der Waals surface area contributed by atoms with Gasteiger partial charge in [-0.2, -0.15) is 0 Å². The van der Waals surface area contributed by atoms with Gasteiger partial charge < -0.3 is 14.6 Å². The van der Waals surface area contributed by atoms with Crippen molar-refractivity contribution < 1.29 is 4.42 Å². The van der Waals surface area contributed by atoms with Crippen molar-refractivity contribution in [1.82, 2.24) is 10.2 Å². The minimum atomic E-state index is 0.780. The van der Waals surface area contributed by atoms with Crippen LogP contribution < -0.4 is 5.32 Å². The lowest BCUT2D eigenvalue weighted by atomic mass is 10.1. The maximum Gasteiger partial charge on any atom is 0.0947 e. The SMILES string of the molecule is CN(CCCC1CCCN1)Cc1ccoc1. The number of furan rings is 1. The molecule has 1 unspecified atom stereocenters. The molecule has 1 aliphatic heterocycles. The van der Waals surface area contributed by atoms with Crippen molar-refractivity contribution in [2.45, 2.75) is 38.3 Å². The second-order valence-corrected chi connectivity index (χ2v) is 4.80.